The van der Waals surface area contributed by atoms with Gasteiger partial charge in [0.15, 0.2) is 12.1 Å². The van der Waals surface area contributed by atoms with E-state index in [-0.39, 0.29) is 25.6 Å². The predicted octanol–water partition coefficient (Wildman–Crippen LogP) is 0.0713. The molecule has 3 atom stereocenters. The van der Waals surface area contributed by atoms with Gasteiger partial charge in [-0.2, -0.15) is 5.10 Å². The van der Waals surface area contributed by atoms with Crippen molar-refractivity contribution in [3.05, 3.63) is 0 Å². The summed E-state index contributed by atoms with van der Waals surface area (Å²) < 4.78 is 15.2. The Bertz CT molecular complexity index is 705. The van der Waals surface area contributed by atoms with Crippen LogP contribution in [0.25, 0.3) is 0 Å². The Labute approximate surface area is 161 Å². The SMILES string of the molecule is CC(=O)O[C@H]1CC=NN(C(=O)[C@H]2COC(=O)N2C(C)=O)[C@@H]1C(=O)OCC(C)C. The maximum Gasteiger partial charge on any atom is 0.417 e. The van der Waals surface area contributed by atoms with Crippen LogP contribution in [0.15, 0.2) is 5.10 Å². The number of hydrazone groups is 1. The number of nitrogens with zero attached hydrogens (tertiary/aromatic N) is 3. The summed E-state index contributed by atoms with van der Waals surface area (Å²) in [6.45, 7) is 5.70. The summed E-state index contributed by atoms with van der Waals surface area (Å²) >= 11 is 0. The van der Waals surface area contributed by atoms with E-state index in [1.165, 1.54) is 13.1 Å². The van der Waals surface area contributed by atoms with Gasteiger partial charge in [-0.05, 0) is 5.92 Å². The van der Waals surface area contributed by atoms with Crippen LogP contribution in [0.4, 0.5) is 4.79 Å². The first-order chi connectivity index (χ1) is 13.1. The van der Waals surface area contributed by atoms with Gasteiger partial charge in [-0.1, -0.05) is 13.8 Å². The van der Waals surface area contributed by atoms with E-state index in [1.807, 2.05) is 13.8 Å². The molecule has 0 unspecified atom stereocenters. The lowest BCUT2D eigenvalue weighted by molar-refractivity contribution is -0.170. The molecule has 2 heterocycles. The average molecular weight is 397 g/mol. The lowest BCUT2D eigenvalue weighted by atomic mass is 10.0. The molecule has 11 nitrogen and oxygen atoms in total. The lowest BCUT2D eigenvalue weighted by Crippen LogP contribution is -2.58. The van der Waals surface area contributed by atoms with Crippen LogP contribution >= 0.6 is 0 Å². The van der Waals surface area contributed by atoms with Gasteiger partial charge in [0, 0.05) is 26.5 Å². The highest BCUT2D eigenvalue weighted by molar-refractivity contribution is 6.00. The lowest BCUT2D eigenvalue weighted by Gasteiger charge is -2.35. The molecule has 11 heteroatoms. The number of amides is 3. The largest absolute Gasteiger partial charge is 0.464 e. The standard InChI is InChI=1S/C17H23N3O8/c1-9(2)7-26-16(24)14-13(28-11(4)22)5-6-18-20(14)15(23)12-8-27-17(25)19(12)10(3)21/h6,9,12-14H,5,7-8H2,1-4H3/t12-,13+,14+/m1/s1. The Balaban J connectivity index is 2.30. The van der Waals surface area contributed by atoms with Crippen LogP contribution in [0.3, 0.4) is 0 Å². The van der Waals surface area contributed by atoms with Gasteiger partial charge in [-0.25, -0.2) is 19.5 Å². The molecule has 2 aliphatic rings. The number of imide groups is 1. The van der Waals surface area contributed by atoms with E-state index in [1.54, 1.807) is 0 Å². The van der Waals surface area contributed by atoms with E-state index in [0.29, 0.717) is 4.90 Å². The molecule has 1 fully saturated rings. The minimum absolute atomic E-state index is 0.0430. The molecule has 28 heavy (non-hydrogen) atoms. The number of hydrogen-bond donors (Lipinski definition) is 0. The van der Waals surface area contributed by atoms with Crippen molar-refractivity contribution in [3.63, 3.8) is 0 Å². The maximum absolute atomic E-state index is 13.0. The summed E-state index contributed by atoms with van der Waals surface area (Å²) in [4.78, 5) is 61.1. The Kier molecular flexibility index (Phi) is 6.71. The summed E-state index contributed by atoms with van der Waals surface area (Å²) in [7, 11) is 0. The van der Waals surface area contributed by atoms with Gasteiger partial charge in [0.2, 0.25) is 5.91 Å². The first-order valence-corrected chi connectivity index (χ1v) is 8.79. The highest BCUT2D eigenvalue weighted by atomic mass is 16.6. The second-order valence-corrected chi connectivity index (χ2v) is 6.81. The van der Waals surface area contributed by atoms with Crippen LogP contribution in [0.5, 0.6) is 0 Å². The Morgan fingerprint density at radius 1 is 1.29 bits per heavy atom. The van der Waals surface area contributed by atoms with Crippen LogP contribution in [-0.4, -0.2) is 77.4 Å². The van der Waals surface area contributed by atoms with Gasteiger partial charge in [0.25, 0.3) is 5.91 Å². The van der Waals surface area contributed by atoms with Crippen molar-refractivity contribution < 1.29 is 38.2 Å². The van der Waals surface area contributed by atoms with Crippen molar-refractivity contribution in [2.24, 2.45) is 11.0 Å². The fourth-order valence-electron chi connectivity index (χ4n) is 2.81. The number of carbonyl (C=O) groups excluding carboxylic acids is 5. The van der Waals surface area contributed by atoms with Gasteiger partial charge < -0.3 is 14.2 Å². The molecule has 0 spiro atoms. The maximum atomic E-state index is 13.0. The van der Waals surface area contributed by atoms with E-state index in [4.69, 9.17) is 14.2 Å². The number of hydrogen-bond acceptors (Lipinski definition) is 9. The normalized spacial score (nSPS) is 24.2. The fourth-order valence-corrected chi connectivity index (χ4v) is 2.81. The first-order valence-electron chi connectivity index (χ1n) is 8.79. The first kappa shape index (κ1) is 21.3. The molecule has 0 radical (unpaired) electrons. The summed E-state index contributed by atoms with van der Waals surface area (Å²) in [5, 5.41) is 4.74. The average Bonchev–Trinajstić information content (AvgIpc) is 3.00. The molecule has 0 N–H and O–H groups in total. The number of ether oxygens (including phenoxy) is 3. The van der Waals surface area contributed by atoms with E-state index in [2.05, 4.69) is 5.10 Å². The molecule has 0 bridgehead atoms. The fraction of sp³-hybridized carbons (Fsp3) is 0.647. The Morgan fingerprint density at radius 2 is 1.96 bits per heavy atom. The van der Waals surface area contributed by atoms with Crippen LogP contribution in [0, 0.1) is 5.92 Å². The van der Waals surface area contributed by atoms with Crippen LogP contribution < -0.4 is 0 Å². The zero-order valence-corrected chi connectivity index (χ0v) is 16.1. The smallest absolute Gasteiger partial charge is 0.417 e. The molecule has 3 amide bonds. The van der Waals surface area contributed by atoms with Gasteiger partial charge in [0.05, 0.1) is 6.61 Å². The Morgan fingerprint density at radius 3 is 2.54 bits per heavy atom. The molecule has 154 valence electrons. The van der Waals surface area contributed by atoms with Gasteiger partial charge in [-0.15, -0.1) is 0 Å². The van der Waals surface area contributed by atoms with Crippen molar-refractivity contribution >= 4 is 36.1 Å². The van der Waals surface area contributed by atoms with Gasteiger partial charge >= 0.3 is 18.0 Å². The molecule has 0 aromatic carbocycles. The second kappa shape index (κ2) is 8.81. The zero-order chi connectivity index (χ0) is 21.0. The molecule has 0 aromatic rings. The van der Waals surface area contributed by atoms with Crippen molar-refractivity contribution in [3.8, 4) is 0 Å². The highest BCUT2D eigenvalue weighted by Crippen LogP contribution is 2.23. The monoisotopic (exact) mass is 397 g/mol. The predicted molar refractivity (Wildman–Crippen MR) is 92.8 cm³/mol. The summed E-state index contributed by atoms with van der Waals surface area (Å²) in [6.07, 6.45) is -0.556. The second-order valence-electron chi connectivity index (χ2n) is 6.81. The van der Waals surface area contributed by atoms with Crippen LogP contribution in [-0.2, 0) is 33.4 Å². The number of rotatable bonds is 5. The van der Waals surface area contributed by atoms with Crippen molar-refractivity contribution in [1.29, 1.82) is 0 Å². The third kappa shape index (κ3) is 4.65. The number of cyclic esters (lactones) is 1. The molecule has 2 aliphatic heterocycles. The van der Waals surface area contributed by atoms with E-state index < -0.39 is 48.0 Å². The summed E-state index contributed by atoms with van der Waals surface area (Å²) in [5.41, 5.74) is 0. The Hall–Kier alpha value is -2.98. The van der Waals surface area contributed by atoms with Crippen molar-refractivity contribution in [2.45, 2.75) is 52.3 Å². The highest BCUT2D eigenvalue weighted by Gasteiger charge is 2.49. The molecule has 0 aromatic heterocycles. The van der Waals surface area contributed by atoms with E-state index >= 15 is 0 Å². The summed E-state index contributed by atoms with van der Waals surface area (Å²) in [6, 6.07) is -2.62. The van der Waals surface area contributed by atoms with Gasteiger partial charge in [0.1, 0.15) is 12.7 Å². The molecule has 0 aliphatic carbocycles. The molecule has 2 rings (SSSR count). The zero-order valence-electron chi connectivity index (χ0n) is 16.1. The van der Waals surface area contributed by atoms with Crippen molar-refractivity contribution in [1.82, 2.24) is 9.91 Å². The number of esters is 2. The van der Waals surface area contributed by atoms with Crippen molar-refractivity contribution in [2.75, 3.05) is 13.2 Å². The molecule has 0 saturated carbocycles. The molecule has 1 saturated heterocycles. The molecular weight excluding hydrogens is 374 g/mol. The molecular formula is C17H23N3O8. The topological polar surface area (TPSA) is 132 Å². The minimum atomic E-state index is -1.34. The third-order valence-corrected chi connectivity index (χ3v) is 4.00. The minimum Gasteiger partial charge on any atom is -0.464 e. The third-order valence-electron chi connectivity index (χ3n) is 4.00. The van der Waals surface area contributed by atoms with Gasteiger partial charge in [-0.3, -0.25) is 14.4 Å². The van der Waals surface area contributed by atoms with E-state index in [9.17, 15) is 24.0 Å². The van der Waals surface area contributed by atoms with Crippen LogP contribution in [0.1, 0.15) is 34.1 Å². The number of carbonyl (C=O) groups is 5. The van der Waals surface area contributed by atoms with E-state index in [0.717, 1.165) is 11.9 Å². The summed E-state index contributed by atoms with van der Waals surface area (Å²) in [5.74, 6) is -2.90. The quantitative estimate of drug-likeness (QED) is 0.470. The van der Waals surface area contributed by atoms with Crippen LogP contribution in [0.2, 0.25) is 0 Å².